The van der Waals surface area contributed by atoms with Crippen molar-refractivity contribution in [1.82, 2.24) is 0 Å². The zero-order valence-corrected chi connectivity index (χ0v) is 24.2. The van der Waals surface area contributed by atoms with Crippen molar-refractivity contribution in [3.63, 3.8) is 0 Å². The Labute approximate surface area is 231 Å². The smallest absolute Gasteiger partial charge is 0.543 e. The average Bonchev–Trinajstić information content (AvgIpc) is 3.56. The molecule has 2 heterocycles. The van der Waals surface area contributed by atoms with Crippen molar-refractivity contribution in [2.24, 2.45) is 38.9 Å². The summed E-state index contributed by atoms with van der Waals surface area (Å²) in [6, 6.07) is 2.25. The number of ether oxygens (including phenoxy) is 2. The van der Waals surface area contributed by atoms with Crippen LogP contribution in [0.4, 0.5) is 0 Å². The molecule has 0 bridgehead atoms. The monoisotopic (exact) mass is 548 g/mol. The van der Waals surface area contributed by atoms with Crippen LogP contribution in [0.3, 0.4) is 0 Å². The first-order chi connectivity index (χ1) is 16.7. The van der Waals surface area contributed by atoms with Gasteiger partial charge in [0.15, 0.2) is 11.6 Å². The summed E-state index contributed by atoms with van der Waals surface area (Å²) >= 11 is 0. The van der Waals surface area contributed by atoms with Gasteiger partial charge in [-0.05, 0) is 30.3 Å². The number of fused-ring (bicyclic) bond motifs is 6. The Kier molecular flexibility index (Phi) is 4.97. The predicted molar refractivity (Wildman–Crippen MR) is 133 cm³/mol. The third-order valence-corrected chi connectivity index (χ3v) is 12.8. The number of nitriles is 1. The van der Waals surface area contributed by atoms with Gasteiger partial charge in [0, 0.05) is 16.2 Å². The maximum atomic E-state index is 14.4. The number of hydrogen-bond donors (Lipinski definition) is 0. The molecule has 0 amide bonds. The van der Waals surface area contributed by atoms with E-state index >= 15 is 0 Å². The van der Waals surface area contributed by atoms with Crippen LogP contribution in [0.15, 0.2) is 11.6 Å². The van der Waals surface area contributed by atoms with Crippen LogP contribution in [0.5, 0.6) is 0 Å². The third-order valence-electron chi connectivity index (χ3n) is 12.8. The van der Waals surface area contributed by atoms with E-state index < -0.39 is 28.1 Å². The van der Waals surface area contributed by atoms with Gasteiger partial charge in [-0.3, -0.25) is 9.59 Å². The van der Waals surface area contributed by atoms with E-state index in [2.05, 4.69) is 40.7 Å². The Bertz CT molecular complexity index is 1200. The fraction of sp³-hybridized carbons (Fsp3) is 0.774. The first-order valence-corrected chi connectivity index (χ1v) is 14.0. The molecular formula is C31H39CoNO4. The molecule has 2 saturated heterocycles. The number of hydrogen-bond acceptors (Lipinski definition) is 5. The van der Waals surface area contributed by atoms with Gasteiger partial charge < -0.3 is 15.4 Å². The number of rotatable bonds is 0. The zero-order chi connectivity index (χ0) is 25.9. The maximum absolute atomic E-state index is 14.4. The van der Waals surface area contributed by atoms with Crippen molar-refractivity contribution in [3.05, 3.63) is 23.7 Å². The molecule has 6 fully saturated rings. The molecule has 7 aliphatic rings. The molecule has 0 N–H and O–H groups in total. The molecule has 2 aliphatic heterocycles. The minimum Gasteiger partial charge on any atom is -0.543 e. The molecule has 0 aromatic carbocycles. The van der Waals surface area contributed by atoms with Gasteiger partial charge in [0.2, 0.25) is 5.60 Å². The van der Waals surface area contributed by atoms with E-state index in [0.29, 0.717) is 0 Å². The van der Waals surface area contributed by atoms with E-state index in [4.69, 9.17) is 9.47 Å². The molecule has 6 heteroatoms. The number of carbonyl (C=O) groups is 2. The average molecular weight is 549 g/mol. The molecule has 5 aliphatic carbocycles. The van der Waals surface area contributed by atoms with Crippen molar-refractivity contribution < 1.29 is 35.8 Å². The fourth-order valence-electron chi connectivity index (χ4n) is 10.6. The van der Waals surface area contributed by atoms with Crippen LogP contribution in [0.2, 0.25) is 0 Å². The summed E-state index contributed by atoms with van der Waals surface area (Å²) in [6.07, 6.45) is 9.50. The number of ketones is 2. The van der Waals surface area contributed by atoms with Crippen LogP contribution < -0.4 is 0 Å². The summed E-state index contributed by atoms with van der Waals surface area (Å²) in [5.74, 6) is 1.70. The molecule has 0 aromatic heterocycles. The van der Waals surface area contributed by atoms with Gasteiger partial charge in [0.05, 0.1) is 5.60 Å². The second-order valence-corrected chi connectivity index (χ2v) is 15.1. The van der Waals surface area contributed by atoms with E-state index in [9.17, 15) is 14.9 Å². The molecule has 8 atom stereocenters. The van der Waals surface area contributed by atoms with E-state index in [1.165, 1.54) is 5.92 Å². The van der Waals surface area contributed by atoms with Crippen molar-refractivity contribution >= 4 is 11.6 Å². The number of Topliss-reactive ketones (excluding diaryl/α,β-unsaturated/α-hetero) is 1. The largest absolute Gasteiger partial charge is 2.00 e. The molecule has 0 aromatic rings. The first kappa shape index (κ1) is 26.2. The number of nitrogens with zero attached hydrogens (tertiary/aromatic N) is 1. The fourth-order valence-corrected chi connectivity index (χ4v) is 10.6. The Balaban J connectivity index is 0.00000252. The topological polar surface area (TPSA) is 79.7 Å². The predicted octanol–water partition coefficient (Wildman–Crippen LogP) is 5.69. The zero-order valence-electron chi connectivity index (χ0n) is 23.2. The summed E-state index contributed by atoms with van der Waals surface area (Å²) in [4.78, 5) is 27.9. The van der Waals surface area contributed by atoms with Gasteiger partial charge in [-0.25, -0.2) is 12.0 Å². The van der Waals surface area contributed by atoms with Crippen LogP contribution in [-0.4, -0.2) is 28.9 Å². The van der Waals surface area contributed by atoms with Gasteiger partial charge in [0.25, 0.3) is 0 Å². The summed E-state index contributed by atoms with van der Waals surface area (Å²) in [7, 11) is 0. The Morgan fingerprint density at radius 2 is 1.70 bits per heavy atom. The minimum atomic E-state index is -1.37. The molecule has 7 rings (SSSR count). The summed E-state index contributed by atoms with van der Waals surface area (Å²) in [5, 5.41) is 10.1. The first-order valence-electron chi connectivity index (χ1n) is 14.0. The molecule has 1 spiro atoms. The van der Waals surface area contributed by atoms with E-state index in [0.717, 1.165) is 56.6 Å². The van der Waals surface area contributed by atoms with Crippen LogP contribution >= 0.6 is 0 Å². The van der Waals surface area contributed by atoms with Crippen molar-refractivity contribution in [2.75, 3.05) is 0 Å². The van der Waals surface area contributed by atoms with Crippen LogP contribution in [-0.2, 0) is 35.8 Å². The Hall–Kier alpha value is -1.00. The minimum absolute atomic E-state index is 0. The van der Waals surface area contributed by atoms with Crippen LogP contribution in [0.1, 0.15) is 93.4 Å². The van der Waals surface area contributed by atoms with Crippen molar-refractivity contribution in [3.8, 4) is 6.07 Å². The second-order valence-electron chi connectivity index (χ2n) is 15.1. The van der Waals surface area contributed by atoms with Gasteiger partial charge in [-0.1, -0.05) is 72.3 Å². The maximum Gasteiger partial charge on any atom is 2.00 e. The number of carbonyl (C=O) groups excluding carboxylic acids is 2. The SMILES string of the molecule is CC1(C)CC[C-]2CC[C@@]3(C)[C@]4(C)CC[C@H]5C(C)(C)C(=O)[C@]6(C#N)O[C@@H]6[C@]5(C)C4=CC(=O)[C@@]34O[C-](C1)C24.[Co+2]. The third kappa shape index (κ3) is 2.52. The summed E-state index contributed by atoms with van der Waals surface area (Å²) in [6.45, 7) is 15.4. The standard InChI is InChI=1S/C31H39NO4.Co/c1-25(2)11-8-17-9-13-28(6)27(5)12-10-19-26(3,4)23(34)30(16-32)24(36-30)29(19,7)20(27)14-21(33)31(28)22(17)18(15-25)35-31;/h14,19,22,24H,8-13,15H2,1-7H3;/q-2;+2/t19-,22?,24+,27+,28-,29-,30-,31-;/m0./s1. The van der Waals surface area contributed by atoms with Gasteiger partial charge in [0.1, 0.15) is 12.2 Å². The molecule has 1 unspecified atom stereocenters. The Morgan fingerprint density at radius 3 is 2.38 bits per heavy atom. The van der Waals surface area contributed by atoms with E-state index in [1.807, 2.05) is 19.9 Å². The van der Waals surface area contributed by atoms with Crippen LogP contribution in [0.25, 0.3) is 0 Å². The molecule has 201 valence electrons. The molecule has 4 saturated carbocycles. The van der Waals surface area contributed by atoms with E-state index in [-0.39, 0.29) is 56.4 Å². The van der Waals surface area contributed by atoms with Gasteiger partial charge in [-0.15, -0.1) is 0 Å². The normalized spacial score (nSPS) is 52.8. The van der Waals surface area contributed by atoms with Crippen molar-refractivity contribution in [1.29, 1.82) is 5.26 Å². The summed E-state index contributed by atoms with van der Waals surface area (Å²) < 4.78 is 12.9. The van der Waals surface area contributed by atoms with E-state index in [1.54, 1.807) is 0 Å². The van der Waals surface area contributed by atoms with Crippen LogP contribution in [0, 0.1) is 62.3 Å². The number of epoxide rings is 1. The second kappa shape index (κ2) is 7.00. The quantitative estimate of drug-likeness (QED) is 0.287. The molecule has 1 radical (unpaired) electrons. The summed E-state index contributed by atoms with van der Waals surface area (Å²) in [5.41, 5.74) is -2.72. The van der Waals surface area contributed by atoms with Gasteiger partial charge >= 0.3 is 16.8 Å². The Morgan fingerprint density at radius 1 is 1.03 bits per heavy atom. The molecule has 37 heavy (non-hydrogen) atoms. The van der Waals surface area contributed by atoms with Crippen molar-refractivity contribution in [2.45, 2.75) is 111 Å². The van der Waals surface area contributed by atoms with Gasteiger partial charge in [-0.2, -0.15) is 24.5 Å². The molecule has 5 nitrogen and oxygen atoms in total. The molecular weight excluding hydrogens is 509 g/mol.